The van der Waals surface area contributed by atoms with E-state index >= 15 is 0 Å². The van der Waals surface area contributed by atoms with E-state index in [2.05, 4.69) is 15.2 Å². The zero-order valence-corrected chi connectivity index (χ0v) is 14.9. The number of hydrogen-bond acceptors (Lipinski definition) is 6. The molecule has 1 N–H and O–H groups in total. The number of nitrogens with one attached hydrogen (secondary N) is 1. The maximum Gasteiger partial charge on any atom is 0.387 e. The maximum absolute atomic E-state index is 12.5. The molecule has 1 aromatic rings. The van der Waals surface area contributed by atoms with Crippen molar-refractivity contribution in [2.75, 3.05) is 16.8 Å². The van der Waals surface area contributed by atoms with Gasteiger partial charge in [0.25, 0.3) is 5.91 Å². The van der Waals surface area contributed by atoms with Gasteiger partial charge in [-0.3, -0.25) is 9.59 Å². The number of anilines is 1. The molecular weight excluding hydrogens is 384 g/mol. The molecule has 2 aliphatic rings. The third kappa shape index (κ3) is 4.59. The van der Waals surface area contributed by atoms with Gasteiger partial charge in [0.2, 0.25) is 5.91 Å². The highest BCUT2D eigenvalue weighted by atomic mass is 32.2. The molecule has 0 aliphatic carbocycles. The van der Waals surface area contributed by atoms with E-state index < -0.39 is 28.4 Å². The van der Waals surface area contributed by atoms with Crippen LogP contribution in [0.4, 0.5) is 14.5 Å². The van der Waals surface area contributed by atoms with Crippen LogP contribution in [0.1, 0.15) is 19.3 Å². The Bertz CT molecular complexity index is 888. The Hall–Kier alpha value is -2.56. The van der Waals surface area contributed by atoms with E-state index in [1.807, 2.05) is 0 Å². The van der Waals surface area contributed by atoms with Crippen molar-refractivity contribution in [1.82, 2.24) is 5.01 Å². The number of hydrazone groups is 1. The smallest absolute Gasteiger partial charge is 0.387 e. The number of rotatable bonds is 5. The van der Waals surface area contributed by atoms with E-state index in [4.69, 9.17) is 0 Å². The van der Waals surface area contributed by atoms with Crippen LogP contribution in [0.15, 0.2) is 29.4 Å². The number of para-hydroxylation sites is 2. The van der Waals surface area contributed by atoms with Crippen LogP contribution in [0.25, 0.3) is 0 Å². The molecule has 11 heteroatoms. The Morgan fingerprint density at radius 1 is 1.30 bits per heavy atom. The van der Waals surface area contributed by atoms with Crippen LogP contribution in [0.2, 0.25) is 0 Å². The van der Waals surface area contributed by atoms with E-state index in [9.17, 15) is 26.8 Å². The summed E-state index contributed by atoms with van der Waals surface area (Å²) in [6.07, 6.45) is 0.341. The van der Waals surface area contributed by atoms with Gasteiger partial charge in [0.05, 0.1) is 23.2 Å². The van der Waals surface area contributed by atoms with Gasteiger partial charge >= 0.3 is 6.61 Å². The van der Waals surface area contributed by atoms with Gasteiger partial charge in [-0.05, 0) is 18.6 Å². The summed E-state index contributed by atoms with van der Waals surface area (Å²) in [6.45, 7) is -3.05. The molecule has 0 unspecified atom stereocenters. The Kier molecular flexibility index (Phi) is 5.40. The Labute approximate surface area is 154 Å². The van der Waals surface area contributed by atoms with Crippen LogP contribution in [0.5, 0.6) is 5.75 Å². The third-order valence-corrected chi connectivity index (χ3v) is 5.98. The molecule has 27 heavy (non-hydrogen) atoms. The third-order valence-electron chi connectivity index (χ3n) is 4.23. The van der Waals surface area contributed by atoms with Crippen molar-refractivity contribution in [3.05, 3.63) is 24.3 Å². The first-order chi connectivity index (χ1) is 12.7. The quantitative estimate of drug-likeness (QED) is 0.803. The minimum atomic E-state index is -3.22. The molecule has 1 saturated heterocycles. The lowest BCUT2D eigenvalue weighted by Crippen LogP contribution is -2.42. The molecule has 3 rings (SSSR count). The fourth-order valence-electron chi connectivity index (χ4n) is 2.95. The lowest BCUT2D eigenvalue weighted by molar-refractivity contribution is -0.133. The highest BCUT2D eigenvalue weighted by molar-refractivity contribution is 7.91. The fraction of sp³-hybridized carbons (Fsp3) is 0.438. The largest absolute Gasteiger partial charge is 0.433 e. The molecule has 0 saturated carbocycles. The molecular formula is C16H17F2N3O5S. The predicted molar refractivity (Wildman–Crippen MR) is 92.3 cm³/mol. The predicted octanol–water partition coefficient (Wildman–Crippen LogP) is 1.39. The number of ether oxygens (including phenoxy) is 1. The number of carbonyl (C=O) groups is 2. The minimum absolute atomic E-state index is 0.0119. The topological polar surface area (TPSA) is 105 Å². The second-order valence-electron chi connectivity index (χ2n) is 6.17. The number of sulfone groups is 1. The molecule has 1 fully saturated rings. The number of halogens is 2. The molecule has 0 bridgehead atoms. The van der Waals surface area contributed by atoms with Gasteiger partial charge in [-0.2, -0.15) is 13.9 Å². The molecule has 146 valence electrons. The first kappa shape index (κ1) is 19.2. The van der Waals surface area contributed by atoms with Crippen LogP contribution in [0, 0.1) is 0 Å². The first-order valence-electron chi connectivity index (χ1n) is 8.20. The van der Waals surface area contributed by atoms with Crippen molar-refractivity contribution in [2.24, 2.45) is 5.10 Å². The summed E-state index contributed by atoms with van der Waals surface area (Å²) in [5.74, 6) is -1.44. The van der Waals surface area contributed by atoms with Crippen LogP contribution in [0.3, 0.4) is 0 Å². The van der Waals surface area contributed by atoms with Crippen LogP contribution in [-0.2, 0) is 19.4 Å². The number of carbonyl (C=O) groups excluding carboxylic acids is 2. The van der Waals surface area contributed by atoms with E-state index in [0.717, 1.165) is 5.01 Å². The number of alkyl halides is 2. The van der Waals surface area contributed by atoms with Crippen molar-refractivity contribution in [2.45, 2.75) is 31.9 Å². The van der Waals surface area contributed by atoms with Crippen LogP contribution in [-0.4, -0.2) is 55.1 Å². The van der Waals surface area contributed by atoms with E-state index in [0.29, 0.717) is 0 Å². The van der Waals surface area contributed by atoms with Crippen molar-refractivity contribution in [3.8, 4) is 5.75 Å². The standard InChI is InChI=1S/C16H17F2N3O5S/c17-16(18)26-13-4-2-1-3-11(13)19-15(23)12-5-6-14(22)21(20-12)10-7-8-27(24,25)9-10/h1-4,10,16H,5-9H2,(H,19,23)/t10-/m1/s1. The first-order valence-corrected chi connectivity index (χ1v) is 10.0. The SMILES string of the molecule is O=C(Nc1ccccc1OC(F)F)C1=NN([C@@H]2CCS(=O)(=O)C2)C(=O)CC1. The lowest BCUT2D eigenvalue weighted by atomic mass is 10.1. The molecule has 0 spiro atoms. The molecule has 8 nitrogen and oxygen atoms in total. The number of hydrogen-bond donors (Lipinski definition) is 1. The van der Waals surface area contributed by atoms with Gasteiger partial charge in [0, 0.05) is 12.8 Å². The number of nitrogens with zero attached hydrogens (tertiary/aromatic N) is 2. The molecule has 1 aromatic carbocycles. The zero-order valence-electron chi connectivity index (χ0n) is 14.1. The summed E-state index contributed by atoms with van der Waals surface area (Å²) < 4.78 is 52.6. The van der Waals surface area contributed by atoms with Gasteiger partial charge < -0.3 is 10.1 Å². The maximum atomic E-state index is 12.5. The van der Waals surface area contributed by atoms with Crippen molar-refractivity contribution in [1.29, 1.82) is 0 Å². The summed E-state index contributed by atoms with van der Waals surface area (Å²) in [5, 5.41) is 7.54. The van der Waals surface area contributed by atoms with Crippen LogP contribution >= 0.6 is 0 Å². The summed E-state index contributed by atoms with van der Waals surface area (Å²) >= 11 is 0. The van der Waals surface area contributed by atoms with Crippen molar-refractivity contribution < 1.29 is 31.5 Å². The van der Waals surface area contributed by atoms with Crippen molar-refractivity contribution >= 4 is 33.1 Å². The highest BCUT2D eigenvalue weighted by Crippen LogP contribution is 2.26. The number of benzene rings is 1. The monoisotopic (exact) mass is 401 g/mol. The van der Waals surface area contributed by atoms with Gasteiger partial charge in [-0.1, -0.05) is 12.1 Å². The van der Waals surface area contributed by atoms with Gasteiger partial charge in [0.15, 0.2) is 9.84 Å². The van der Waals surface area contributed by atoms with Crippen molar-refractivity contribution in [3.63, 3.8) is 0 Å². The lowest BCUT2D eigenvalue weighted by Gasteiger charge is -2.27. The average Bonchev–Trinajstić information content (AvgIpc) is 2.96. The van der Waals surface area contributed by atoms with Gasteiger partial charge in [0.1, 0.15) is 11.5 Å². The summed E-state index contributed by atoms with van der Waals surface area (Å²) in [4.78, 5) is 24.5. The summed E-state index contributed by atoms with van der Waals surface area (Å²) in [5.41, 5.74) is 0.0585. The molecule has 2 heterocycles. The highest BCUT2D eigenvalue weighted by Gasteiger charge is 2.37. The van der Waals surface area contributed by atoms with E-state index in [-0.39, 0.29) is 53.8 Å². The molecule has 0 aromatic heterocycles. The second-order valence-corrected chi connectivity index (χ2v) is 8.40. The Balaban J connectivity index is 1.77. The average molecular weight is 401 g/mol. The van der Waals surface area contributed by atoms with Gasteiger partial charge in [-0.25, -0.2) is 13.4 Å². The second kappa shape index (κ2) is 7.59. The van der Waals surface area contributed by atoms with Crippen LogP contribution < -0.4 is 10.1 Å². The minimum Gasteiger partial charge on any atom is -0.433 e. The summed E-state index contributed by atoms with van der Waals surface area (Å²) in [6, 6.07) is 5.09. The molecule has 0 radical (unpaired) electrons. The van der Waals surface area contributed by atoms with E-state index in [1.165, 1.54) is 24.3 Å². The Morgan fingerprint density at radius 2 is 2.04 bits per heavy atom. The van der Waals surface area contributed by atoms with E-state index in [1.54, 1.807) is 0 Å². The number of amides is 2. The normalized spacial score (nSPS) is 21.9. The molecule has 1 atom stereocenters. The van der Waals surface area contributed by atoms with Gasteiger partial charge in [-0.15, -0.1) is 0 Å². The summed E-state index contributed by atoms with van der Waals surface area (Å²) in [7, 11) is -3.22. The Morgan fingerprint density at radius 3 is 2.70 bits per heavy atom. The fourth-order valence-corrected chi connectivity index (χ4v) is 4.64. The molecule has 2 aliphatic heterocycles. The zero-order chi connectivity index (χ0) is 19.6. The molecule has 2 amide bonds.